The summed E-state index contributed by atoms with van der Waals surface area (Å²) in [5.41, 5.74) is 0. The second-order valence-corrected chi connectivity index (χ2v) is 4.20. The minimum Gasteiger partial charge on any atom is -0.332 e. The predicted molar refractivity (Wildman–Crippen MR) is 52.5 cm³/mol. The number of carbonyl (C=O) groups is 1. The molecule has 2 aliphatic rings. The first kappa shape index (κ1) is 9.71. The minimum absolute atomic E-state index is 0.00199. The van der Waals surface area contributed by atoms with Gasteiger partial charge in [0.25, 0.3) is 0 Å². The van der Waals surface area contributed by atoms with Crippen LogP contribution >= 0.6 is 11.8 Å². The first-order valence-corrected chi connectivity index (χ1v) is 5.51. The number of hydrogen-bond donors (Lipinski definition) is 2. The summed E-state index contributed by atoms with van der Waals surface area (Å²) in [7, 11) is 0. The molecule has 0 radical (unpaired) electrons. The second kappa shape index (κ2) is 4.03. The molecule has 2 fully saturated rings. The van der Waals surface area contributed by atoms with Crippen molar-refractivity contribution in [3.05, 3.63) is 0 Å². The maximum atomic E-state index is 10.8. The Balaban J connectivity index is 0.000000336. The zero-order valence-corrected chi connectivity index (χ0v) is 8.57. The van der Waals surface area contributed by atoms with Crippen LogP contribution < -0.4 is 10.6 Å². The van der Waals surface area contributed by atoms with Gasteiger partial charge in [0, 0.05) is 11.0 Å². The Kier molecular flexibility index (Phi) is 3.26. The Morgan fingerprint density at radius 1 is 1.42 bits per heavy atom. The van der Waals surface area contributed by atoms with Crippen LogP contribution in [-0.2, 0) is 0 Å². The lowest BCUT2D eigenvalue weighted by molar-refractivity contribution is 0.247. The molecule has 1 unspecified atom stereocenters. The molecule has 0 bridgehead atoms. The molecule has 3 nitrogen and oxygen atoms in total. The van der Waals surface area contributed by atoms with E-state index in [0.717, 1.165) is 5.75 Å². The molecule has 0 aromatic rings. The van der Waals surface area contributed by atoms with Crippen LogP contribution in [0.5, 0.6) is 0 Å². The zero-order chi connectivity index (χ0) is 9.14. The largest absolute Gasteiger partial charge is 0.332 e. The van der Waals surface area contributed by atoms with E-state index in [0.29, 0.717) is 17.3 Å². The molecule has 2 saturated heterocycles. The molecule has 0 saturated carbocycles. The summed E-state index contributed by atoms with van der Waals surface area (Å²) in [6, 6.07) is 0.757. The molecule has 0 aromatic carbocycles. The highest BCUT2D eigenvalue weighted by Gasteiger charge is 2.40. The van der Waals surface area contributed by atoms with Crippen molar-refractivity contribution in [2.24, 2.45) is 0 Å². The molecule has 2 heterocycles. The van der Waals surface area contributed by atoms with E-state index < -0.39 is 0 Å². The maximum Gasteiger partial charge on any atom is 0.315 e. The Labute approximate surface area is 77.7 Å². The number of carbonyl (C=O) groups excluding carboxylic acids is 1. The van der Waals surface area contributed by atoms with Gasteiger partial charge in [-0.3, -0.25) is 0 Å². The van der Waals surface area contributed by atoms with Gasteiger partial charge in [-0.25, -0.2) is 4.79 Å². The molecule has 12 heavy (non-hydrogen) atoms. The van der Waals surface area contributed by atoms with Crippen molar-refractivity contribution >= 4 is 17.8 Å². The molecule has 0 aliphatic carbocycles. The average molecular weight is 188 g/mol. The summed E-state index contributed by atoms with van der Waals surface area (Å²) in [4.78, 5) is 10.8. The van der Waals surface area contributed by atoms with Crippen molar-refractivity contribution in [3.8, 4) is 0 Å². The molecule has 2 rings (SSSR count). The van der Waals surface area contributed by atoms with Gasteiger partial charge in [0.1, 0.15) is 0 Å². The Morgan fingerprint density at radius 3 is 2.67 bits per heavy atom. The fourth-order valence-corrected chi connectivity index (χ4v) is 2.77. The Bertz CT molecular complexity index is 174. The molecule has 2 N–H and O–H groups in total. The van der Waals surface area contributed by atoms with Crippen molar-refractivity contribution in [2.45, 2.75) is 38.1 Å². The van der Waals surface area contributed by atoms with E-state index in [1.54, 1.807) is 0 Å². The highest BCUT2D eigenvalue weighted by Crippen LogP contribution is 2.28. The monoisotopic (exact) mass is 188 g/mol. The molecule has 0 aromatic heterocycles. The molecular formula is C8H16N2OS. The van der Waals surface area contributed by atoms with Gasteiger partial charge in [-0.15, -0.1) is 0 Å². The summed E-state index contributed by atoms with van der Waals surface area (Å²) in [6.45, 7) is 6.16. The number of thioether (sulfide) groups is 1. The molecule has 0 spiro atoms. The number of amides is 2. The van der Waals surface area contributed by atoms with E-state index in [1.165, 1.54) is 0 Å². The van der Waals surface area contributed by atoms with Crippen molar-refractivity contribution in [3.63, 3.8) is 0 Å². The topological polar surface area (TPSA) is 41.1 Å². The van der Waals surface area contributed by atoms with E-state index >= 15 is 0 Å². The minimum atomic E-state index is 0.00199. The van der Waals surface area contributed by atoms with E-state index in [2.05, 4.69) is 17.6 Å². The molecule has 4 heteroatoms. The first-order chi connectivity index (χ1) is 5.77. The third-order valence-electron chi connectivity index (χ3n) is 2.09. The average Bonchev–Trinajstić information content (AvgIpc) is 2.58. The number of hydrogen-bond acceptors (Lipinski definition) is 2. The van der Waals surface area contributed by atoms with Crippen LogP contribution in [0.4, 0.5) is 4.79 Å². The third kappa shape index (κ3) is 1.68. The van der Waals surface area contributed by atoms with Gasteiger partial charge in [0.15, 0.2) is 0 Å². The van der Waals surface area contributed by atoms with Crippen molar-refractivity contribution in [1.29, 1.82) is 0 Å². The summed E-state index contributed by atoms with van der Waals surface area (Å²) < 4.78 is 0. The number of rotatable bonds is 0. The summed E-state index contributed by atoms with van der Waals surface area (Å²) in [5, 5.41) is 6.34. The predicted octanol–water partition coefficient (Wildman–Crippen LogP) is 1.20. The second-order valence-electron chi connectivity index (χ2n) is 2.79. The summed E-state index contributed by atoms with van der Waals surface area (Å²) in [5.74, 6) is 1.06. The van der Waals surface area contributed by atoms with Crippen LogP contribution in [0.3, 0.4) is 0 Å². The van der Waals surface area contributed by atoms with Crippen LogP contribution in [0, 0.1) is 0 Å². The lowest BCUT2D eigenvalue weighted by Crippen LogP contribution is -2.35. The van der Waals surface area contributed by atoms with Gasteiger partial charge in [-0.1, -0.05) is 20.8 Å². The summed E-state index contributed by atoms with van der Waals surface area (Å²) >= 11 is 1.91. The van der Waals surface area contributed by atoms with E-state index in [1.807, 2.05) is 25.6 Å². The van der Waals surface area contributed by atoms with Gasteiger partial charge >= 0.3 is 6.03 Å². The fourth-order valence-electron chi connectivity index (χ4n) is 1.50. The van der Waals surface area contributed by atoms with Crippen LogP contribution in [0.1, 0.15) is 20.8 Å². The maximum absolute atomic E-state index is 10.8. The van der Waals surface area contributed by atoms with Gasteiger partial charge in [0.05, 0.1) is 12.1 Å². The third-order valence-corrected chi connectivity index (χ3v) is 3.46. The van der Waals surface area contributed by atoms with Gasteiger partial charge < -0.3 is 10.6 Å². The van der Waals surface area contributed by atoms with Crippen molar-refractivity contribution in [1.82, 2.24) is 10.6 Å². The van der Waals surface area contributed by atoms with Crippen LogP contribution in [-0.4, -0.2) is 29.1 Å². The molecular weight excluding hydrogens is 172 g/mol. The Morgan fingerprint density at radius 2 is 2.08 bits per heavy atom. The molecule has 2 amide bonds. The molecule has 70 valence electrons. The fraction of sp³-hybridized carbons (Fsp3) is 0.875. The zero-order valence-electron chi connectivity index (χ0n) is 7.76. The quantitative estimate of drug-likeness (QED) is 0.561. The van der Waals surface area contributed by atoms with E-state index in [9.17, 15) is 4.79 Å². The van der Waals surface area contributed by atoms with E-state index in [4.69, 9.17) is 0 Å². The summed E-state index contributed by atoms with van der Waals surface area (Å²) in [6.07, 6.45) is 0. The smallest absolute Gasteiger partial charge is 0.315 e. The number of fused-ring (bicyclic) bond motifs is 1. The van der Waals surface area contributed by atoms with Gasteiger partial charge in [0.2, 0.25) is 0 Å². The highest BCUT2D eigenvalue weighted by molar-refractivity contribution is 8.00. The molecule has 2 aliphatic heterocycles. The van der Waals surface area contributed by atoms with E-state index in [-0.39, 0.29) is 6.03 Å². The standard InChI is InChI=1S/C6H10N2OS.C2H6/c1-3-5-4(2-10-3)7-6(9)8-5;1-2/h3-5H,2H2,1H3,(H2,7,8,9);1-2H3/t3?,4-,5+;/m0./s1. The lowest BCUT2D eigenvalue weighted by Gasteiger charge is -2.09. The normalized spacial score (nSPS) is 37.6. The van der Waals surface area contributed by atoms with Crippen molar-refractivity contribution in [2.75, 3.05) is 5.75 Å². The van der Waals surface area contributed by atoms with Gasteiger partial charge in [-0.2, -0.15) is 11.8 Å². The molecule has 3 atom stereocenters. The van der Waals surface area contributed by atoms with Crippen molar-refractivity contribution < 1.29 is 4.79 Å². The van der Waals surface area contributed by atoms with Crippen LogP contribution in [0.15, 0.2) is 0 Å². The first-order valence-electron chi connectivity index (χ1n) is 4.46. The lowest BCUT2D eigenvalue weighted by atomic mass is 10.1. The SMILES string of the molecule is CC.CC1SC[C@@H]2NC(=O)N[C@H]12. The van der Waals surface area contributed by atoms with Gasteiger partial charge in [-0.05, 0) is 0 Å². The number of nitrogens with one attached hydrogen (secondary N) is 2. The number of urea groups is 1. The highest BCUT2D eigenvalue weighted by atomic mass is 32.2. The Hall–Kier alpha value is -0.380. The van der Waals surface area contributed by atoms with Crippen LogP contribution in [0.25, 0.3) is 0 Å². The van der Waals surface area contributed by atoms with Crippen LogP contribution in [0.2, 0.25) is 0 Å².